The van der Waals surface area contributed by atoms with Gasteiger partial charge in [0.1, 0.15) is 0 Å². The number of ketones is 1. The van der Waals surface area contributed by atoms with Crippen LogP contribution < -0.4 is 5.76 Å². The van der Waals surface area contributed by atoms with Gasteiger partial charge in [0.15, 0.2) is 11.4 Å². The molecule has 0 spiro atoms. The zero-order valence-electron chi connectivity index (χ0n) is 10.7. The Bertz CT molecular complexity index is 676. The highest BCUT2D eigenvalue weighted by Crippen LogP contribution is 2.21. The molecule has 5 heteroatoms. The van der Waals surface area contributed by atoms with E-state index in [-0.39, 0.29) is 17.5 Å². The van der Waals surface area contributed by atoms with Crippen LogP contribution in [-0.2, 0) is 11.3 Å². The molecule has 100 valence electrons. The average Bonchev–Trinajstić information content (AvgIpc) is 3.03. The summed E-state index contributed by atoms with van der Waals surface area (Å²) in [5, 5.41) is 0. The smallest absolute Gasteiger partial charge is 0.408 e. The van der Waals surface area contributed by atoms with Gasteiger partial charge in [-0.25, -0.2) is 4.79 Å². The number of hydrogen-bond acceptors (Lipinski definition) is 4. The number of carbonyl (C=O) groups excluding carboxylic acids is 1. The number of rotatable bonds is 3. The molecule has 3 rings (SSSR count). The summed E-state index contributed by atoms with van der Waals surface area (Å²) < 4.78 is 11.9. The Morgan fingerprint density at radius 1 is 1.47 bits per heavy atom. The van der Waals surface area contributed by atoms with Gasteiger partial charge in [0.05, 0.1) is 12.1 Å². The van der Waals surface area contributed by atoms with E-state index in [1.165, 1.54) is 0 Å². The van der Waals surface area contributed by atoms with Gasteiger partial charge in [0, 0.05) is 24.6 Å². The molecule has 0 aliphatic carbocycles. The summed E-state index contributed by atoms with van der Waals surface area (Å²) >= 11 is 0. The molecule has 1 atom stereocenters. The van der Waals surface area contributed by atoms with Gasteiger partial charge in [0.2, 0.25) is 0 Å². The summed E-state index contributed by atoms with van der Waals surface area (Å²) in [6.07, 6.45) is 0.761. The molecule has 1 saturated heterocycles. The number of aromatic nitrogens is 1. The van der Waals surface area contributed by atoms with Gasteiger partial charge in [-0.1, -0.05) is 0 Å². The highest BCUT2D eigenvalue weighted by Gasteiger charge is 2.25. The van der Waals surface area contributed by atoms with Gasteiger partial charge >= 0.3 is 5.76 Å². The molecule has 1 aliphatic heterocycles. The first-order chi connectivity index (χ1) is 9.20. The van der Waals surface area contributed by atoms with E-state index < -0.39 is 0 Å². The molecule has 1 unspecified atom stereocenters. The summed E-state index contributed by atoms with van der Waals surface area (Å²) in [7, 11) is 0. The average molecular weight is 261 g/mol. The number of carbonyl (C=O) groups is 1. The number of fused-ring (bicyclic) bond motifs is 1. The third-order valence-corrected chi connectivity index (χ3v) is 3.57. The molecule has 0 bridgehead atoms. The van der Waals surface area contributed by atoms with Gasteiger partial charge in [0.25, 0.3) is 0 Å². The lowest BCUT2D eigenvalue weighted by Crippen LogP contribution is -2.14. The third kappa shape index (κ3) is 2.00. The molecule has 1 aromatic carbocycles. The van der Waals surface area contributed by atoms with Gasteiger partial charge < -0.3 is 9.15 Å². The number of benzene rings is 1. The van der Waals surface area contributed by atoms with Gasteiger partial charge in [-0.2, -0.15) is 0 Å². The van der Waals surface area contributed by atoms with Crippen molar-refractivity contribution in [3.63, 3.8) is 0 Å². The number of hydrogen-bond donors (Lipinski definition) is 0. The fourth-order valence-electron chi connectivity index (χ4n) is 2.50. The first kappa shape index (κ1) is 12.2. The number of Topliss-reactive ketones (excluding diaryl/α,β-unsaturated/α-hetero) is 1. The Hall–Kier alpha value is -1.88. The van der Waals surface area contributed by atoms with Crippen molar-refractivity contribution in [2.75, 3.05) is 13.2 Å². The Balaban J connectivity index is 2.02. The second-order valence-corrected chi connectivity index (χ2v) is 4.72. The largest absolute Gasteiger partial charge is 0.419 e. The van der Waals surface area contributed by atoms with Crippen LogP contribution in [0.25, 0.3) is 11.1 Å². The molecular weight excluding hydrogens is 246 g/mol. The minimum absolute atomic E-state index is 0.0614. The normalized spacial score (nSPS) is 19.1. The van der Waals surface area contributed by atoms with Gasteiger partial charge in [-0.15, -0.1) is 0 Å². The van der Waals surface area contributed by atoms with E-state index in [9.17, 15) is 9.59 Å². The van der Waals surface area contributed by atoms with E-state index >= 15 is 0 Å². The van der Waals surface area contributed by atoms with Crippen molar-refractivity contribution < 1.29 is 13.9 Å². The SMILES string of the molecule is CCn1c(=O)oc2cc(C(=O)C3CCOC3)ccc21. The summed E-state index contributed by atoms with van der Waals surface area (Å²) in [5.41, 5.74) is 1.78. The summed E-state index contributed by atoms with van der Waals surface area (Å²) in [6.45, 7) is 3.55. The Kier molecular flexibility index (Phi) is 2.98. The number of nitrogens with zero attached hydrogens (tertiary/aromatic N) is 1. The molecule has 0 amide bonds. The molecule has 1 aromatic heterocycles. The summed E-state index contributed by atoms with van der Waals surface area (Å²) in [6, 6.07) is 5.18. The van der Waals surface area contributed by atoms with Gasteiger partial charge in [-0.3, -0.25) is 9.36 Å². The van der Waals surface area contributed by atoms with Crippen molar-refractivity contribution in [2.24, 2.45) is 5.92 Å². The number of ether oxygens (including phenoxy) is 1. The highest BCUT2D eigenvalue weighted by atomic mass is 16.5. The monoisotopic (exact) mass is 261 g/mol. The quantitative estimate of drug-likeness (QED) is 0.791. The highest BCUT2D eigenvalue weighted by molar-refractivity contribution is 6.00. The molecule has 0 saturated carbocycles. The number of oxazole rings is 1. The molecule has 1 fully saturated rings. The van der Waals surface area contributed by atoms with Crippen LogP contribution in [0.15, 0.2) is 27.4 Å². The fraction of sp³-hybridized carbons (Fsp3) is 0.429. The van der Waals surface area contributed by atoms with Crippen LogP contribution in [0.3, 0.4) is 0 Å². The van der Waals surface area contributed by atoms with Crippen molar-refractivity contribution in [3.05, 3.63) is 34.3 Å². The van der Waals surface area contributed by atoms with Crippen LogP contribution >= 0.6 is 0 Å². The van der Waals surface area contributed by atoms with Crippen molar-refractivity contribution in [1.29, 1.82) is 0 Å². The second-order valence-electron chi connectivity index (χ2n) is 4.72. The number of aryl methyl sites for hydroxylation is 1. The fourth-order valence-corrected chi connectivity index (χ4v) is 2.50. The lowest BCUT2D eigenvalue weighted by atomic mass is 9.97. The molecule has 1 aliphatic rings. The van der Waals surface area contributed by atoms with Gasteiger partial charge in [-0.05, 0) is 31.5 Å². The van der Waals surface area contributed by atoms with Crippen LogP contribution in [0, 0.1) is 5.92 Å². The lowest BCUT2D eigenvalue weighted by molar-refractivity contribution is 0.0900. The van der Waals surface area contributed by atoms with Crippen molar-refractivity contribution >= 4 is 16.9 Å². The standard InChI is InChI=1S/C14H15NO4/c1-2-15-11-4-3-9(7-12(11)19-14(15)17)13(16)10-5-6-18-8-10/h3-4,7,10H,2,5-6,8H2,1H3. The van der Waals surface area contributed by atoms with Crippen LogP contribution in [0.1, 0.15) is 23.7 Å². The van der Waals surface area contributed by atoms with Crippen LogP contribution in [0.5, 0.6) is 0 Å². The predicted octanol–water partition coefficient (Wildman–Crippen LogP) is 1.83. The molecule has 5 nitrogen and oxygen atoms in total. The predicted molar refractivity (Wildman–Crippen MR) is 69.4 cm³/mol. The Morgan fingerprint density at radius 3 is 3.00 bits per heavy atom. The maximum atomic E-state index is 12.2. The zero-order valence-corrected chi connectivity index (χ0v) is 10.7. The Morgan fingerprint density at radius 2 is 2.32 bits per heavy atom. The van der Waals surface area contributed by atoms with E-state index in [1.807, 2.05) is 6.92 Å². The van der Waals surface area contributed by atoms with Crippen LogP contribution in [0.4, 0.5) is 0 Å². The van der Waals surface area contributed by atoms with Crippen LogP contribution in [0.2, 0.25) is 0 Å². The molecule has 2 heterocycles. The van der Waals surface area contributed by atoms with E-state index in [1.54, 1.807) is 22.8 Å². The van der Waals surface area contributed by atoms with E-state index in [0.717, 1.165) is 11.9 Å². The zero-order chi connectivity index (χ0) is 13.4. The van der Waals surface area contributed by atoms with Crippen molar-refractivity contribution in [3.8, 4) is 0 Å². The first-order valence-corrected chi connectivity index (χ1v) is 6.46. The lowest BCUT2D eigenvalue weighted by Gasteiger charge is -2.06. The maximum Gasteiger partial charge on any atom is 0.419 e. The topological polar surface area (TPSA) is 61.4 Å². The second kappa shape index (κ2) is 4.66. The van der Waals surface area contributed by atoms with E-state index in [4.69, 9.17) is 9.15 Å². The Labute approximate surface area is 109 Å². The minimum Gasteiger partial charge on any atom is -0.408 e. The van der Waals surface area contributed by atoms with E-state index in [2.05, 4.69) is 0 Å². The molecule has 19 heavy (non-hydrogen) atoms. The van der Waals surface area contributed by atoms with Crippen LogP contribution in [-0.4, -0.2) is 23.6 Å². The van der Waals surface area contributed by atoms with Crippen molar-refractivity contribution in [2.45, 2.75) is 19.9 Å². The summed E-state index contributed by atoms with van der Waals surface area (Å²) in [4.78, 5) is 23.8. The molecule has 0 radical (unpaired) electrons. The molecule has 2 aromatic rings. The third-order valence-electron chi connectivity index (χ3n) is 3.57. The summed E-state index contributed by atoms with van der Waals surface area (Å²) in [5.74, 6) is -0.393. The molecular formula is C14H15NO4. The van der Waals surface area contributed by atoms with E-state index in [0.29, 0.717) is 30.9 Å². The minimum atomic E-state index is -0.383. The first-order valence-electron chi connectivity index (χ1n) is 6.46. The molecule has 0 N–H and O–H groups in total. The van der Waals surface area contributed by atoms with Crippen molar-refractivity contribution in [1.82, 2.24) is 4.57 Å². The maximum absolute atomic E-state index is 12.2.